The summed E-state index contributed by atoms with van der Waals surface area (Å²) in [5, 5.41) is 2.72. The minimum atomic E-state index is -0.136. The van der Waals surface area contributed by atoms with Crippen LogP contribution in [0.5, 0.6) is 0 Å². The second-order valence-corrected chi connectivity index (χ2v) is 4.23. The third-order valence-electron chi connectivity index (χ3n) is 2.08. The van der Waals surface area contributed by atoms with Crippen LogP contribution in [0.15, 0.2) is 47.2 Å². The van der Waals surface area contributed by atoms with Crippen molar-refractivity contribution in [2.75, 3.05) is 5.32 Å². The van der Waals surface area contributed by atoms with E-state index >= 15 is 0 Å². The zero-order valence-electron chi connectivity index (χ0n) is 8.93. The Bertz CT molecular complexity index is 516. The van der Waals surface area contributed by atoms with Crippen LogP contribution in [0.3, 0.4) is 0 Å². The topological polar surface area (TPSA) is 54.9 Å². The van der Waals surface area contributed by atoms with Crippen molar-refractivity contribution in [3.63, 3.8) is 0 Å². The Labute approximate surface area is 107 Å². The molecule has 0 aliphatic rings. The number of aromatic nitrogens is 2. The van der Waals surface area contributed by atoms with E-state index in [2.05, 4.69) is 31.2 Å². The molecular formula is C12H10BrN3O. The fourth-order valence-electron chi connectivity index (χ4n) is 1.32. The van der Waals surface area contributed by atoms with E-state index in [0.29, 0.717) is 5.82 Å². The van der Waals surface area contributed by atoms with Gasteiger partial charge < -0.3 is 5.32 Å². The summed E-state index contributed by atoms with van der Waals surface area (Å²) in [6, 6.07) is 9.10. The highest BCUT2D eigenvalue weighted by atomic mass is 79.9. The maximum atomic E-state index is 11.7. The zero-order valence-corrected chi connectivity index (χ0v) is 10.5. The summed E-state index contributed by atoms with van der Waals surface area (Å²) >= 11 is 3.32. The van der Waals surface area contributed by atoms with Gasteiger partial charge in [-0.05, 0) is 40.2 Å². The van der Waals surface area contributed by atoms with Gasteiger partial charge in [-0.2, -0.15) is 0 Å². The number of anilines is 1. The van der Waals surface area contributed by atoms with Gasteiger partial charge in [0.15, 0.2) is 0 Å². The van der Waals surface area contributed by atoms with Crippen LogP contribution in [0.4, 0.5) is 5.82 Å². The van der Waals surface area contributed by atoms with Crippen LogP contribution in [-0.4, -0.2) is 15.9 Å². The molecule has 2 heterocycles. The van der Waals surface area contributed by atoms with Crippen molar-refractivity contribution >= 4 is 27.7 Å². The molecule has 0 spiro atoms. The second-order valence-electron chi connectivity index (χ2n) is 3.38. The van der Waals surface area contributed by atoms with Gasteiger partial charge in [-0.25, -0.2) is 4.98 Å². The monoisotopic (exact) mass is 291 g/mol. The Morgan fingerprint density at radius 1 is 1.18 bits per heavy atom. The van der Waals surface area contributed by atoms with Gasteiger partial charge in [-0.3, -0.25) is 9.78 Å². The van der Waals surface area contributed by atoms with Crippen molar-refractivity contribution < 1.29 is 4.79 Å². The molecule has 0 aromatic carbocycles. The quantitative estimate of drug-likeness (QED) is 0.945. The molecule has 0 saturated heterocycles. The number of hydrogen-bond donors (Lipinski definition) is 1. The average molecular weight is 292 g/mol. The van der Waals surface area contributed by atoms with Gasteiger partial charge in [0, 0.05) is 18.1 Å². The highest BCUT2D eigenvalue weighted by Gasteiger charge is 2.07. The van der Waals surface area contributed by atoms with E-state index in [1.54, 1.807) is 18.5 Å². The molecule has 0 aliphatic heterocycles. The van der Waals surface area contributed by atoms with Crippen molar-refractivity contribution in [2.45, 2.75) is 6.42 Å². The van der Waals surface area contributed by atoms with Crippen molar-refractivity contribution in [2.24, 2.45) is 0 Å². The number of carbonyl (C=O) groups excluding carboxylic acids is 1. The van der Waals surface area contributed by atoms with Crippen molar-refractivity contribution in [1.82, 2.24) is 9.97 Å². The molecule has 2 rings (SSSR count). The van der Waals surface area contributed by atoms with Crippen LogP contribution in [0.2, 0.25) is 0 Å². The maximum Gasteiger partial charge on any atom is 0.231 e. The molecule has 0 bridgehead atoms. The van der Waals surface area contributed by atoms with E-state index in [1.165, 1.54) is 0 Å². The Kier molecular flexibility index (Phi) is 3.82. The fraction of sp³-hybridized carbons (Fsp3) is 0.0833. The summed E-state index contributed by atoms with van der Waals surface area (Å²) in [5.41, 5.74) is 0.733. The Hall–Kier alpha value is -1.75. The van der Waals surface area contributed by atoms with Gasteiger partial charge in [-0.15, -0.1) is 0 Å². The molecular weight excluding hydrogens is 282 g/mol. The van der Waals surface area contributed by atoms with Crippen molar-refractivity contribution in [3.05, 3.63) is 52.9 Å². The van der Waals surface area contributed by atoms with Gasteiger partial charge in [0.05, 0.1) is 10.9 Å². The predicted octanol–water partition coefficient (Wildman–Crippen LogP) is 2.42. The molecule has 2 aromatic rings. The summed E-state index contributed by atoms with van der Waals surface area (Å²) in [6.07, 6.45) is 3.53. The normalized spacial score (nSPS) is 9.94. The van der Waals surface area contributed by atoms with Crippen LogP contribution in [0.25, 0.3) is 0 Å². The molecule has 17 heavy (non-hydrogen) atoms. The minimum Gasteiger partial charge on any atom is -0.309 e. The lowest BCUT2D eigenvalue weighted by Gasteiger charge is -2.05. The van der Waals surface area contributed by atoms with Crippen LogP contribution in [0, 0.1) is 0 Å². The second kappa shape index (κ2) is 5.54. The maximum absolute atomic E-state index is 11.7. The lowest BCUT2D eigenvalue weighted by Crippen LogP contribution is -2.16. The van der Waals surface area contributed by atoms with Crippen LogP contribution >= 0.6 is 15.9 Å². The SMILES string of the molecule is O=C(Cc1ccccn1)Nc1ncccc1Br. The van der Waals surface area contributed by atoms with Crippen LogP contribution < -0.4 is 5.32 Å². The first-order valence-corrected chi connectivity index (χ1v) is 5.85. The predicted molar refractivity (Wildman–Crippen MR) is 68.5 cm³/mol. The molecule has 5 heteroatoms. The Morgan fingerprint density at radius 3 is 2.71 bits per heavy atom. The summed E-state index contributed by atoms with van der Waals surface area (Å²) in [5.74, 6) is 0.386. The first-order chi connectivity index (χ1) is 8.25. The standard InChI is InChI=1S/C12H10BrN3O/c13-10-5-3-7-15-12(10)16-11(17)8-9-4-1-2-6-14-9/h1-7H,8H2,(H,15,16,17). The summed E-state index contributed by atoms with van der Waals surface area (Å²) in [4.78, 5) is 19.9. The van der Waals surface area contributed by atoms with Crippen molar-refractivity contribution in [1.29, 1.82) is 0 Å². The third kappa shape index (κ3) is 3.35. The van der Waals surface area contributed by atoms with E-state index in [-0.39, 0.29) is 12.3 Å². The molecule has 0 saturated carbocycles. The number of hydrogen-bond acceptors (Lipinski definition) is 3. The highest BCUT2D eigenvalue weighted by molar-refractivity contribution is 9.10. The van der Waals surface area contributed by atoms with E-state index in [1.807, 2.05) is 24.3 Å². The summed E-state index contributed by atoms with van der Waals surface area (Å²) in [7, 11) is 0. The first-order valence-electron chi connectivity index (χ1n) is 5.06. The third-order valence-corrected chi connectivity index (χ3v) is 2.72. The molecule has 0 radical (unpaired) electrons. The Morgan fingerprint density at radius 2 is 2.00 bits per heavy atom. The van der Waals surface area contributed by atoms with Gasteiger partial charge >= 0.3 is 0 Å². The number of pyridine rings is 2. The first kappa shape index (κ1) is 11.7. The van der Waals surface area contributed by atoms with Crippen LogP contribution in [-0.2, 0) is 11.2 Å². The molecule has 0 aliphatic carbocycles. The molecule has 0 fully saturated rings. The largest absolute Gasteiger partial charge is 0.309 e. The molecule has 2 aromatic heterocycles. The van der Waals surface area contributed by atoms with E-state index in [0.717, 1.165) is 10.2 Å². The summed E-state index contributed by atoms with van der Waals surface area (Å²) < 4.78 is 0.759. The lowest BCUT2D eigenvalue weighted by atomic mass is 10.2. The number of nitrogens with one attached hydrogen (secondary N) is 1. The minimum absolute atomic E-state index is 0.136. The molecule has 1 amide bonds. The molecule has 0 unspecified atom stereocenters. The van der Waals surface area contributed by atoms with Gasteiger partial charge in [-0.1, -0.05) is 6.07 Å². The number of rotatable bonds is 3. The van der Waals surface area contributed by atoms with Gasteiger partial charge in [0.2, 0.25) is 5.91 Å². The van der Waals surface area contributed by atoms with E-state index in [4.69, 9.17) is 0 Å². The molecule has 4 nitrogen and oxygen atoms in total. The Balaban J connectivity index is 2.01. The smallest absolute Gasteiger partial charge is 0.231 e. The van der Waals surface area contributed by atoms with Gasteiger partial charge in [0.25, 0.3) is 0 Å². The highest BCUT2D eigenvalue weighted by Crippen LogP contribution is 2.18. The van der Waals surface area contributed by atoms with E-state index in [9.17, 15) is 4.79 Å². The number of halogens is 1. The molecule has 1 N–H and O–H groups in total. The van der Waals surface area contributed by atoms with Gasteiger partial charge in [0.1, 0.15) is 5.82 Å². The fourth-order valence-corrected chi connectivity index (χ4v) is 1.68. The number of nitrogens with zero attached hydrogens (tertiary/aromatic N) is 2. The zero-order chi connectivity index (χ0) is 12.1. The lowest BCUT2D eigenvalue weighted by molar-refractivity contribution is -0.115. The summed E-state index contributed by atoms with van der Waals surface area (Å²) in [6.45, 7) is 0. The number of carbonyl (C=O) groups is 1. The van der Waals surface area contributed by atoms with E-state index < -0.39 is 0 Å². The van der Waals surface area contributed by atoms with Crippen molar-refractivity contribution in [3.8, 4) is 0 Å². The molecule has 0 atom stereocenters. The average Bonchev–Trinajstić information content (AvgIpc) is 2.33. The molecule has 86 valence electrons. The number of amides is 1. The van der Waals surface area contributed by atoms with Crippen LogP contribution in [0.1, 0.15) is 5.69 Å².